The van der Waals surface area contributed by atoms with Crippen molar-refractivity contribution in [3.8, 4) is 0 Å². The summed E-state index contributed by atoms with van der Waals surface area (Å²) in [4.78, 5) is 18.5. The minimum absolute atomic E-state index is 0.0433. The second kappa shape index (κ2) is 5.19. The number of carbonyl (C=O) groups is 1. The first kappa shape index (κ1) is 12.5. The summed E-state index contributed by atoms with van der Waals surface area (Å²) in [5.41, 5.74) is 1.86. The molecule has 2 fully saturated rings. The number of hydrogen-bond acceptors (Lipinski definition) is 2. The van der Waals surface area contributed by atoms with Crippen molar-refractivity contribution in [2.45, 2.75) is 45.1 Å². The van der Waals surface area contributed by atoms with Crippen molar-refractivity contribution in [1.29, 1.82) is 0 Å². The van der Waals surface area contributed by atoms with E-state index in [1.807, 2.05) is 17.9 Å². The first-order chi connectivity index (χ1) is 9.24. The number of nitrogens with one attached hydrogen (secondary N) is 1. The molecule has 2 amide bonds. The molecule has 0 radical (unpaired) electrons. The predicted octanol–water partition coefficient (Wildman–Crippen LogP) is 3.19. The van der Waals surface area contributed by atoms with E-state index in [9.17, 15) is 4.79 Å². The van der Waals surface area contributed by atoms with Gasteiger partial charge in [-0.05, 0) is 50.2 Å². The highest BCUT2D eigenvalue weighted by molar-refractivity contribution is 5.89. The average Bonchev–Trinajstić information content (AvgIpc) is 2.75. The second-order valence-electron chi connectivity index (χ2n) is 5.78. The van der Waals surface area contributed by atoms with Crippen LogP contribution >= 0.6 is 0 Å². The van der Waals surface area contributed by atoms with Gasteiger partial charge in [-0.3, -0.25) is 4.98 Å². The molecule has 2 heterocycles. The van der Waals surface area contributed by atoms with Crippen LogP contribution in [0.5, 0.6) is 0 Å². The Bertz CT molecular complexity index is 470. The lowest BCUT2D eigenvalue weighted by molar-refractivity contribution is 0.148. The summed E-state index contributed by atoms with van der Waals surface area (Å²) in [5.74, 6) is 0.740. The molecule has 4 heteroatoms. The monoisotopic (exact) mass is 259 g/mol. The smallest absolute Gasteiger partial charge is 0.321 e. The number of hydrogen-bond donors (Lipinski definition) is 1. The Morgan fingerprint density at radius 3 is 2.84 bits per heavy atom. The van der Waals surface area contributed by atoms with Gasteiger partial charge in [0.05, 0.1) is 11.9 Å². The molecule has 1 aliphatic carbocycles. The van der Waals surface area contributed by atoms with Gasteiger partial charge in [0.1, 0.15) is 0 Å². The highest BCUT2D eigenvalue weighted by atomic mass is 16.2. The Morgan fingerprint density at radius 2 is 2.16 bits per heavy atom. The number of anilines is 1. The molecule has 4 nitrogen and oxygen atoms in total. The van der Waals surface area contributed by atoms with Gasteiger partial charge in [-0.1, -0.05) is 6.42 Å². The number of urea groups is 1. The van der Waals surface area contributed by atoms with Crippen LogP contribution in [0.25, 0.3) is 0 Å². The summed E-state index contributed by atoms with van der Waals surface area (Å²) >= 11 is 0. The molecule has 19 heavy (non-hydrogen) atoms. The lowest BCUT2D eigenvalue weighted by atomic mass is 9.79. The highest BCUT2D eigenvalue weighted by Gasteiger charge is 2.37. The van der Waals surface area contributed by atoms with Crippen LogP contribution in [0.15, 0.2) is 18.5 Å². The van der Waals surface area contributed by atoms with Crippen molar-refractivity contribution in [1.82, 2.24) is 9.88 Å². The van der Waals surface area contributed by atoms with E-state index >= 15 is 0 Å². The zero-order valence-electron chi connectivity index (χ0n) is 11.4. The largest absolute Gasteiger partial charge is 0.322 e. The Labute approximate surface area is 114 Å². The molecule has 1 aromatic heterocycles. The summed E-state index contributed by atoms with van der Waals surface area (Å²) < 4.78 is 0. The number of likely N-dealkylation sites (tertiary alicyclic amines) is 1. The van der Waals surface area contributed by atoms with E-state index in [2.05, 4.69) is 10.3 Å². The van der Waals surface area contributed by atoms with Crippen LogP contribution in [0.1, 0.15) is 37.7 Å². The van der Waals surface area contributed by atoms with E-state index in [1.54, 1.807) is 12.4 Å². The molecule has 1 atom stereocenters. The molecule has 102 valence electrons. The quantitative estimate of drug-likeness (QED) is 0.886. The van der Waals surface area contributed by atoms with Gasteiger partial charge in [0, 0.05) is 18.8 Å². The highest BCUT2D eigenvalue weighted by Crippen LogP contribution is 2.37. The molecule has 0 spiro atoms. The molecule has 2 aliphatic rings. The van der Waals surface area contributed by atoms with Crippen molar-refractivity contribution in [2.75, 3.05) is 11.9 Å². The lowest BCUT2D eigenvalue weighted by Gasteiger charge is -2.36. The van der Waals surface area contributed by atoms with Crippen LogP contribution in [0.4, 0.5) is 10.5 Å². The zero-order valence-corrected chi connectivity index (χ0v) is 11.4. The van der Waals surface area contributed by atoms with Crippen LogP contribution in [0, 0.1) is 12.8 Å². The third kappa shape index (κ3) is 2.57. The maximum atomic E-state index is 12.4. The summed E-state index contributed by atoms with van der Waals surface area (Å²) in [5, 5.41) is 2.98. The Morgan fingerprint density at radius 1 is 1.32 bits per heavy atom. The number of nitrogens with zero attached hydrogens (tertiary/aromatic N) is 2. The fourth-order valence-electron chi connectivity index (χ4n) is 3.18. The number of aromatic nitrogens is 1. The Balaban J connectivity index is 1.66. The molecular weight excluding hydrogens is 238 g/mol. The first-order valence-corrected chi connectivity index (χ1v) is 7.23. The lowest BCUT2D eigenvalue weighted by Crippen LogP contribution is -2.44. The third-order valence-electron chi connectivity index (χ3n) is 4.38. The number of rotatable bonds is 2. The minimum atomic E-state index is 0.0433. The fourth-order valence-corrected chi connectivity index (χ4v) is 3.18. The first-order valence-electron chi connectivity index (χ1n) is 7.23. The van der Waals surface area contributed by atoms with E-state index in [-0.39, 0.29) is 6.03 Å². The van der Waals surface area contributed by atoms with Gasteiger partial charge in [-0.2, -0.15) is 0 Å². The Hall–Kier alpha value is -1.58. The predicted molar refractivity (Wildman–Crippen MR) is 75.1 cm³/mol. The SMILES string of the molecule is Cc1cncc(NC(=O)N2CCCC2C2CCC2)c1. The molecule has 1 saturated carbocycles. The number of aryl methyl sites for hydroxylation is 1. The number of amides is 2. The third-order valence-corrected chi connectivity index (χ3v) is 4.38. The van der Waals surface area contributed by atoms with Crippen LogP contribution in [-0.4, -0.2) is 28.5 Å². The molecule has 1 unspecified atom stereocenters. The van der Waals surface area contributed by atoms with Crippen molar-refractivity contribution >= 4 is 11.7 Å². The average molecular weight is 259 g/mol. The van der Waals surface area contributed by atoms with E-state index in [0.717, 1.165) is 30.1 Å². The standard InChI is InChI=1S/C15H21N3O/c1-11-8-13(10-16-9-11)17-15(19)18-7-3-6-14(18)12-4-2-5-12/h8-10,12,14H,2-7H2,1H3,(H,17,19). The van der Waals surface area contributed by atoms with E-state index in [4.69, 9.17) is 0 Å². The second-order valence-corrected chi connectivity index (χ2v) is 5.78. The molecule has 1 saturated heterocycles. The van der Waals surface area contributed by atoms with Gasteiger partial charge < -0.3 is 10.2 Å². The molecule has 1 N–H and O–H groups in total. The van der Waals surface area contributed by atoms with Crippen LogP contribution in [0.3, 0.4) is 0 Å². The maximum absolute atomic E-state index is 12.4. The Kier molecular flexibility index (Phi) is 3.40. The van der Waals surface area contributed by atoms with Gasteiger partial charge in [0.15, 0.2) is 0 Å². The van der Waals surface area contributed by atoms with Crippen molar-refractivity contribution < 1.29 is 4.79 Å². The van der Waals surface area contributed by atoms with Gasteiger partial charge >= 0.3 is 6.03 Å². The van der Waals surface area contributed by atoms with Crippen molar-refractivity contribution in [3.05, 3.63) is 24.0 Å². The van der Waals surface area contributed by atoms with Crippen molar-refractivity contribution in [3.63, 3.8) is 0 Å². The van der Waals surface area contributed by atoms with Gasteiger partial charge in [-0.25, -0.2) is 4.79 Å². The molecular formula is C15H21N3O. The summed E-state index contributed by atoms with van der Waals surface area (Å²) in [6.07, 6.45) is 9.73. The van der Waals surface area contributed by atoms with E-state index < -0.39 is 0 Å². The van der Waals surface area contributed by atoms with Crippen molar-refractivity contribution in [2.24, 2.45) is 5.92 Å². The topological polar surface area (TPSA) is 45.2 Å². The molecule has 3 rings (SSSR count). The van der Waals surface area contributed by atoms with E-state index in [0.29, 0.717) is 6.04 Å². The number of carbonyl (C=O) groups excluding carboxylic acids is 1. The van der Waals surface area contributed by atoms with Crippen LogP contribution in [-0.2, 0) is 0 Å². The van der Waals surface area contributed by atoms with Gasteiger partial charge in [-0.15, -0.1) is 0 Å². The van der Waals surface area contributed by atoms with E-state index in [1.165, 1.54) is 25.7 Å². The number of pyridine rings is 1. The van der Waals surface area contributed by atoms with Gasteiger partial charge in [0.25, 0.3) is 0 Å². The molecule has 0 aromatic carbocycles. The molecule has 1 aromatic rings. The zero-order chi connectivity index (χ0) is 13.2. The normalized spacial score (nSPS) is 23.2. The van der Waals surface area contributed by atoms with Gasteiger partial charge in [0.2, 0.25) is 0 Å². The maximum Gasteiger partial charge on any atom is 0.322 e. The molecule has 0 bridgehead atoms. The summed E-state index contributed by atoms with van der Waals surface area (Å²) in [7, 11) is 0. The summed E-state index contributed by atoms with van der Waals surface area (Å²) in [6.45, 7) is 2.88. The van der Waals surface area contributed by atoms with Crippen LogP contribution in [0.2, 0.25) is 0 Å². The summed E-state index contributed by atoms with van der Waals surface area (Å²) in [6, 6.07) is 2.47. The molecule has 1 aliphatic heterocycles. The minimum Gasteiger partial charge on any atom is -0.321 e. The fraction of sp³-hybridized carbons (Fsp3) is 0.600. The van der Waals surface area contributed by atoms with Crippen LogP contribution < -0.4 is 5.32 Å².